The van der Waals surface area contributed by atoms with Crippen molar-refractivity contribution < 1.29 is 50.0 Å². The fourth-order valence-electron chi connectivity index (χ4n) is 3.48. The Morgan fingerprint density at radius 1 is 1.00 bits per heavy atom. The van der Waals surface area contributed by atoms with Crippen molar-refractivity contribution in [3.63, 3.8) is 0 Å². The number of benzene rings is 2. The van der Waals surface area contributed by atoms with Crippen LogP contribution in [-0.4, -0.2) is 79.0 Å². The maximum atomic E-state index is 11.6. The molecule has 0 radical (unpaired) electrons. The zero-order valence-corrected chi connectivity index (χ0v) is 16.3. The summed E-state index contributed by atoms with van der Waals surface area (Å²) in [4.78, 5) is 11.6. The highest BCUT2D eigenvalue weighted by Crippen LogP contribution is 2.32. The van der Waals surface area contributed by atoms with Gasteiger partial charge in [-0.25, -0.2) is 4.79 Å². The van der Waals surface area contributed by atoms with Gasteiger partial charge in [0.15, 0.2) is 6.29 Å². The topological polar surface area (TPSA) is 177 Å². The Balaban J connectivity index is 1.94. The van der Waals surface area contributed by atoms with E-state index in [1.165, 1.54) is 42.5 Å². The number of aromatic carboxylic acids is 1. The Morgan fingerprint density at radius 2 is 1.68 bits per heavy atom. The summed E-state index contributed by atoms with van der Waals surface area (Å²) in [7, 11) is 0. The molecule has 7 N–H and O–H groups in total. The zero-order valence-electron chi connectivity index (χ0n) is 16.3. The quantitative estimate of drug-likeness (QED) is 0.310. The fraction of sp³-hybridized carbons (Fsp3) is 0.381. The Kier molecular flexibility index (Phi) is 7.11. The van der Waals surface area contributed by atoms with Crippen LogP contribution in [0.25, 0.3) is 0 Å². The first-order valence-corrected chi connectivity index (χ1v) is 9.52. The number of phenolic OH excluding ortho intramolecular Hbond substituents is 1. The Labute approximate surface area is 177 Å². The van der Waals surface area contributed by atoms with Gasteiger partial charge in [0.2, 0.25) is 0 Å². The number of aliphatic hydroxyl groups excluding tert-OH is 4. The molecule has 1 saturated heterocycles. The summed E-state index contributed by atoms with van der Waals surface area (Å²) in [5.74, 6) is -1.79. The minimum Gasteiger partial charge on any atom is -0.508 e. The molecule has 10 nitrogen and oxygen atoms in total. The Bertz CT molecular complexity index is 898. The summed E-state index contributed by atoms with van der Waals surface area (Å²) in [6, 6.07) is 10.0. The third kappa shape index (κ3) is 4.96. The van der Waals surface area contributed by atoms with E-state index in [1.807, 2.05) is 0 Å². The predicted octanol–water partition coefficient (Wildman–Crippen LogP) is -0.104. The van der Waals surface area contributed by atoms with Gasteiger partial charge in [-0.3, -0.25) is 0 Å². The van der Waals surface area contributed by atoms with E-state index in [1.54, 1.807) is 0 Å². The van der Waals surface area contributed by atoms with Gasteiger partial charge in [0, 0.05) is 6.42 Å². The van der Waals surface area contributed by atoms with Crippen molar-refractivity contribution in [2.75, 3.05) is 6.61 Å². The molecule has 6 unspecified atom stereocenters. The van der Waals surface area contributed by atoms with Crippen LogP contribution in [0.4, 0.5) is 0 Å². The molecule has 0 spiro atoms. The largest absolute Gasteiger partial charge is 0.508 e. The monoisotopic (exact) mass is 436 g/mol. The second-order valence-corrected chi connectivity index (χ2v) is 7.23. The van der Waals surface area contributed by atoms with Crippen LogP contribution in [0, 0.1) is 0 Å². The summed E-state index contributed by atoms with van der Waals surface area (Å²) < 4.78 is 11.2. The van der Waals surface area contributed by atoms with Crippen LogP contribution in [0.5, 0.6) is 11.5 Å². The van der Waals surface area contributed by atoms with Gasteiger partial charge in [-0.15, -0.1) is 0 Å². The van der Waals surface area contributed by atoms with Crippen LogP contribution in [0.1, 0.15) is 27.6 Å². The predicted molar refractivity (Wildman–Crippen MR) is 104 cm³/mol. The lowest BCUT2D eigenvalue weighted by atomic mass is 9.96. The number of hydrogen-bond donors (Lipinski definition) is 7. The van der Waals surface area contributed by atoms with E-state index in [4.69, 9.17) is 9.47 Å². The second-order valence-electron chi connectivity index (χ2n) is 7.23. The molecule has 1 aliphatic rings. The van der Waals surface area contributed by atoms with E-state index in [9.17, 15) is 40.5 Å². The molecule has 0 saturated carbocycles. The highest BCUT2D eigenvalue weighted by atomic mass is 16.7. The molecule has 3 rings (SSSR count). The minimum absolute atomic E-state index is 0.0149. The van der Waals surface area contributed by atoms with Crippen LogP contribution in [0.3, 0.4) is 0 Å². The van der Waals surface area contributed by atoms with E-state index in [-0.39, 0.29) is 23.3 Å². The highest BCUT2D eigenvalue weighted by Gasteiger charge is 2.45. The molecule has 0 aliphatic carbocycles. The van der Waals surface area contributed by atoms with Crippen molar-refractivity contribution in [2.24, 2.45) is 0 Å². The SMILES string of the molecule is O=C(O)c1c(O)cccc1CC(OC1OC(CO)C(O)C(O)C1O)c1ccc(O)cc1. The van der Waals surface area contributed by atoms with Gasteiger partial charge in [0.05, 0.1) is 12.7 Å². The molecular formula is C21H24O10. The molecular weight excluding hydrogens is 412 g/mol. The van der Waals surface area contributed by atoms with Crippen molar-refractivity contribution in [1.82, 2.24) is 0 Å². The second kappa shape index (κ2) is 9.60. The first kappa shape index (κ1) is 22.9. The summed E-state index contributed by atoms with van der Waals surface area (Å²) in [5, 5.41) is 68.6. The maximum absolute atomic E-state index is 11.6. The minimum atomic E-state index is -1.65. The standard InChI is InChI=1S/C21H24O10/c22-9-15-17(25)18(26)19(27)21(31-15)30-14(10-4-6-12(23)7-5-10)8-11-2-1-3-13(24)16(11)20(28)29/h1-7,14-15,17-19,21-27H,8-9H2,(H,28,29). The van der Waals surface area contributed by atoms with E-state index < -0.39 is 55.1 Å². The number of carboxylic acids is 1. The first-order valence-electron chi connectivity index (χ1n) is 9.52. The maximum Gasteiger partial charge on any atom is 0.339 e. The van der Waals surface area contributed by atoms with Gasteiger partial charge in [0.1, 0.15) is 41.5 Å². The van der Waals surface area contributed by atoms with E-state index >= 15 is 0 Å². The Hall–Kier alpha value is -2.73. The molecule has 2 aromatic rings. The number of ether oxygens (including phenoxy) is 2. The lowest BCUT2D eigenvalue weighted by Gasteiger charge is -2.41. The number of carboxylic acid groups (broad SMARTS) is 1. The molecule has 10 heteroatoms. The summed E-state index contributed by atoms with van der Waals surface area (Å²) >= 11 is 0. The van der Waals surface area contributed by atoms with Gasteiger partial charge in [-0.05, 0) is 29.3 Å². The van der Waals surface area contributed by atoms with Gasteiger partial charge in [-0.1, -0.05) is 24.3 Å². The van der Waals surface area contributed by atoms with Crippen molar-refractivity contribution in [2.45, 2.75) is 43.2 Å². The smallest absolute Gasteiger partial charge is 0.339 e. The Morgan fingerprint density at radius 3 is 2.29 bits per heavy atom. The third-order valence-corrected chi connectivity index (χ3v) is 5.16. The van der Waals surface area contributed by atoms with E-state index in [0.717, 1.165) is 0 Å². The fourth-order valence-corrected chi connectivity index (χ4v) is 3.48. The average Bonchev–Trinajstić information content (AvgIpc) is 2.73. The molecule has 1 heterocycles. The van der Waals surface area contributed by atoms with Gasteiger partial charge >= 0.3 is 5.97 Å². The van der Waals surface area contributed by atoms with E-state index in [0.29, 0.717) is 5.56 Å². The van der Waals surface area contributed by atoms with Crippen molar-refractivity contribution in [3.8, 4) is 11.5 Å². The molecule has 1 aliphatic heterocycles. The average molecular weight is 436 g/mol. The van der Waals surface area contributed by atoms with Crippen LogP contribution < -0.4 is 0 Å². The van der Waals surface area contributed by atoms with Crippen LogP contribution >= 0.6 is 0 Å². The molecule has 0 aromatic heterocycles. The molecule has 0 bridgehead atoms. The van der Waals surface area contributed by atoms with Crippen LogP contribution in [0.2, 0.25) is 0 Å². The van der Waals surface area contributed by atoms with Crippen LogP contribution in [0.15, 0.2) is 42.5 Å². The molecule has 2 aromatic carbocycles. The van der Waals surface area contributed by atoms with E-state index in [2.05, 4.69) is 0 Å². The lowest BCUT2D eigenvalue weighted by Crippen LogP contribution is -2.59. The number of aliphatic hydroxyl groups is 4. The lowest BCUT2D eigenvalue weighted by molar-refractivity contribution is -0.312. The van der Waals surface area contributed by atoms with Crippen LogP contribution in [-0.2, 0) is 15.9 Å². The highest BCUT2D eigenvalue weighted by molar-refractivity contribution is 5.92. The summed E-state index contributed by atoms with van der Waals surface area (Å²) in [6.45, 7) is -0.635. The summed E-state index contributed by atoms with van der Waals surface area (Å²) in [5.41, 5.74) is 0.397. The molecule has 0 amide bonds. The number of aromatic hydroxyl groups is 2. The molecule has 31 heavy (non-hydrogen) atoms. The molecule has 6 atom stereocenters. The number of carbonyl (C=O) groups is 1. The number of hydrogen-bond acceptors (Lipinski definition) is 9. The zero-order chi connectivity index (χ0) is 22.7. The normalized spacial score (nSPS) is 27.0. The van der Waals surface area contributed by atoms with Gasteiger partial charge in [0.25, 0.3) is 0 Å². The van der Waals surface area contributed by atoms with Gasteiger partial charge in [-0.2, -0.15) is 0 Å². The van der Waals surface area contributed by atoms with Crippen molar-refractivity contribution >= 4 is 5.97 Å². The van der Waals surface area contributed by atoms with Crippen molar-refractivity contribution in [1.29, 1.82) is 0 Å². The summed E-state index contributed by atoms with van der Waals surface area (Å²) in [6.07, 6.45) is -8.51. The first-order chi connectivity index (χ1) is 14.7. The molecule has 1 fully saturated rings. The van der Waals surface area contributed by atoms with Crippen molar-refractivity contribution in [3.05, 3.63) is 59.2 Å². The molecule has 168 valence electrons. The number of rotatable bonds is 7. The third-order valence-electron chi connectivity index (χ3n) is 5.16. The van der Waals surface area contributed by atoms with Gasteiger partial charge < -0.3 is 45.2 Å². The number of phenols is 2.